The molecule has 1 saturated heterocycles. The lowest BCUT2D eigenvalue weighted by atomic mass is 10.1. The van der Waals surface area contributed by atoms with Crippen LogP contribution < -0.4 is 10.6 Å². The van der Waals surface area contributed by atoms with Crippen LogP contribution in [0.25, 0.3) is 21.6 Å². The van der Waals surface area contributed by atoms with Crippen LogP contribution in [0.15, 0.2) is 17.8 Å². The van der Waals surface area contributed by atoms with E-state index >= 15 is 0 Å². The molecule has 12 nitrogen and oxygen atoms in total. The maximum Gasteiger partial charge on any atom is 0.249 e. The highest BCUT2D eigenvalue weighted by Crippen LogP contribution is 2.34. The zero-order valence-electron chi connectivity index (χ0n) is 12.9. The van der Waals surface area contributed by atoms with Crippen LogP contribution in [-0.4, -0.2) is 62.9 Å². The van der Waals surface area contributed by atoms with Gasteiger partial charge in [-0.3, -0.25) is 9.36 Å². The number of amides is 1. The van der Waals surface area contributed by atoms with Crippen LogP contribution in [0.4, 0.5) is 5.82 Å². The fraction of sp³-hybridized carbons (Fsp3) is 0.500. The maximum absolute atomic E-state index is 11.9. The van der Waals surface area contributed by atoms with Crippen molar-refractivity contribution in [3.05, 3.63) is 23.1 Å². The van der Waals surface area contributed by atoms with Crippen molar-refractivity contribution in [3.63, 3.8) is 0 Å². The van der Waals surface area contributed by atoms with Gasteiger partial charge in [0.2, 0.25) is 5.91 Å². The van der Waals surface area contributed by atoms with E-state index in [1.165, 1.54) is 24.3 Å². The summed E-state index contributed by atoms with van der Waals surface area (Å²) in [6, 6.07) is -1.07. The topological polar surface area (TPSA) is 163 Å². The first-order chi connectivity index (χ1) is 11.6. The number of nitrogens with one attached hydrogen (secondary N) is 2. The van der Waals surface area contributed by atoms with Crippen LogP contribution in [0.1, 0.15) is 6.23 Å². The molecule has 0 aliphatic carbocycles. The van der Waals surface area contributed by atoms with Gasteiger partial charge in [0.05, 0.1) is 6.33 Å². The molecule has 0 spiro atoms. The minimum absolute atomic E-state index is 0.413. The summed E-state index contributed by atoms with van der Waals surface area (Å²) in [7, 11) is 3.12. The van der Waals surface area contributed by atoms with Crippen molar-refractivity contribution < 1.29 is 14.6 Å². The zero-order valence-corrected chi connectivity index (χ0v) is 12.9. The molecule has 1 aliphatic rings. The molecule has 1 amide bonds. The van der Waals surface area contributed by atoms with Crippen molar-refractivity contribution in [2.75, 3.05) is 19.4 Å². The highest BCUT2D eigenvalue weighted by atomic mass is 16.5. The van der Waals surface area contributed by atoms with E-state index in [0.29, 0.717) is 17.0 Å². The number of hydrogen-bond acceptors (Lipinski definition) is 8. The number of fused-ring (bicyclic) bond motifs is 1. The molecule has 0 bridgehead atoms. The number of anilines is 1. The summed E-state index contributed by atoms with van der Waals surface area (Å²) < 4.78 is 7.11. The van der Waals surface area contributed by atoms with Crippen LogP contribution in [-0.2, 0) is 9.53 Å². The van der Waals surface area contributed by atoms with E-state index < -0.39 is 30.4 Å². The Morgan fingerprint density at radius 2 is 2.25 bits per heavy atom. The van der Waals surface area contributed by atoms with E-state index in [-0.39, 0.29) is 0 Å². The summed E-state index contributed by atoms with van der Waals surface area (Å²) in [5.41, 5.74) is 9.58. The Morgan fingerprint density at radius 1 is 1.46 bits per heavy atom. The zero-order chi connectivity index (χ0) is 17.3. The SMILES string of the molecule is CNC(=O)[C@H]1O[C@@H](n2cnc3c(NC)ncnc32)[C@H](O)[C@@H]1N=[N+]=[N-]. The van der Waals surface area contributed by atoms with E-state index in [0.717, 1.165) is 0 Å². The lowest BCUT2D eigenvalue weighted by Crippen LogP contribution is -2.40. The first kappa shape index (κ1) is 15.9. The molecule has 4 atom stereocenters. The molecule has 0 radical (unpaired) electrons. The molecular weight excluding hydrogens is 318 g/mol. The van der Waals surface area contributed by atoms with Gasteiger partial charge in [-0.25, -0.2) is 15.0 Å². The average Bonchev–Trinajstić information content (AvgIpc) is 3.16. The predicted molar refractivity (Wildman–Crippen MR) is 81.8 cm³/mol. The number of aromatic nitrogens is 4. The third-order valence-electron chi connectivity index (χ3n) is 3.80. The number of imidazole rings is 1. The smallest absolute Gasteiger partial charge is 0.249 e. The molecule has 3 N–H and O–H groups in total. The summed E-state index contributed by atoms with van der Waals surface area (Å²) >= 11 is 0. The highest BCUT2D eigenvalue weighted by molar-refractivity contribution is 5.83. The molecule has 2 aromatic rings. The Kier molecular flexibility index (Phi) is 4.16. The molecule has 1 aliphatic heterocycles. The largest absolute Gasteiger partial charge is 0.388 e. The van der Waals surface area contributed by atoms with E-state index in [1.807, 2.05) is 0 Å². The van der Waals surface area contributed by atoms with Crippen molar-refractivity contribution in [2.24, 2.45) is 5.11 Å². The van der Waals surface area contributed by atoms with Gasteiger partial charge in [-0.2, -0.15) is 0 Å². The Morgan fingerprint density at radius 3 is 2.92 bits per heavy atom. The molecule has 3 heterocycles. The Labute approximate surface area is 135 Å². The van der Waals surface area contributed by atoms with Crippen LogP contribution in [0.3, 0.4) is 0 Å². The van der Waals surface area contributed by atoms with Crippen LogP contribution in [0.5, 0.6) is 0 Å². The standard InChI is InChI=1S/C12H15N9O3/c1-14-9-6-10(17-3-16-9)21(4-18-6)12-7(22)5(19-20-13)8(24-12)11(23)15-2/h3-5,7-8,12,22H,1-2H3,(H,15,23)(H,14,16,17)/t5-,7+,8-,12+/m0/s1. The third kappa shape index (κ3) is 2.38. The van der Waals surface area contributed by atoms with Crippen LogP contribution in [0, 0.1) is 0 Å². The van der Waals surface area contributed by atoms with E-state index in [1.54, 1.807) is 7.05 Å². The van der Waals surface area contributed by atoms with E-state index in [9.17, 15) is 9.90 Å². The molecule has 12 heteroatoms. The number of nitrogens with zero attached hydrogens (tertiary/aromatic N) is 7. The predicted octanol–water partition coefficient (Wildman–Crippen LogP) is -0.449. The lowest BCUT2D eigenvalue weighted by Gasteiger charge is -2.16. The number of hydrogen-bond donors (Lipinski definition) is 3. The number of ether oxygens (including phenoxy) is 1. The van der Waals surface area contributed by atoms with Gasteiger partial charge < -0.3 is 20.5 Å². The first-order valence-corrected chi connectivity index (χ1v) is 7.07. The summed E-state index contributed by atoms with van der Waals surface area (Å²) in [5.74, 6) is 0.0181. The molecule has 0 unspecified atom stereocenters. The summed E-state index contributed by atoms with van der Waals surface area (Å²) in [6.07, 6.45) is -0.572. The van der Waals surface area contributed by atoms with Gasteiger partial charge in [-0.05, 0) is 5.53 Å². The van der Waals surface area contributed by atoms with E-state index in [4.69, 9.17) is 10.3 Å². The average molecular weight is 333 g/mol. The number of aliphatic hydroxyl groups excluding tert-OH is 1. The Balaban J connectivity index is 2.03. The van der Waals surface area contributed by atoms with Gasteiger partial charge in [-0.1, -0.05) is 5.11 Å². The van der Waals surface area contributed by atoms with Crippen molar-refractivity contribution in [1.29, 1.82) is 0 Å². The summed E-state index contributed by atoms with van der Waals surface area (Å²) in [6.45, 7) is 0. The monoisotopic (exact) mass is 333 g/mol. The number of carbonyl (C=O) groups is 1. The van der Waals surface area contributed by atoms with Gasteiger partial charge in [0, 0.05) is 19.0 Å². The van der Waals surface area contributed by atoms with Crippen molar-refractivity contribution >= 4 is 22.9 Å². The third-order valence-corrected chi connectivity index (χ3v) is 3.80. The number of carbonyl (C=O) groups excluding carboxylic acids is 1. The van der Waals surface area contributed by atoms with Gasteiger partial charge in [-0.15, -0.1) is 0 Å². The summed E-state index contributed by atoms with van der Waals surface area (Å²) in [4.78, 5) is 27.0. The first-order valence-electron chi connectivity index (χ1n) is 7.07. The lowest BCUT2D eigenvalue weighted by molar-refractivity contribution is -0.134. The Hall–Kier alpha value is -2.95. The molecule has 2 aromatic heterocycles. The van der Waals surface area contributed by atoms with Gasteiger partial charge in [0.25, 0.3) is 0 Å². The van der Waals surface area contributed by atoms with E-state index in [2.05, 4.69) is 35.6 Å². The fourth-order valence-corrected chi connectivity index (χ4v) is 2.66. The van der Waals surface area contributed by atoms with Crippen molar-refractivity contribution in [3.8, 4) is 0 Å². The van der Waals surface area contributed by atoms with Gasteiger partial charge in [0.1, 0.15) is 30.1 Å². The molecule has 1 fully saturated rings. The highest BCUT2D eigenvalue weighted by Gasteiger charge is 2.48. The second-order valence-electron chi connectivity index (χ2n) is 5.04. The van der Waals surface area contributed by atoms with Crippen LogP contribution in [0.2, 0.25) is 0 Å². The normalized spacial score (nSPS) is 26.1. The van der Waals surface area contributed by atoms with Crippen molar-refractivity contribution in [2.45, 2.75) is 24.5 Å². The molecule has 0 aromatic carbocycles. The second-order valence-corrected chi connectivity index (χ2v) is 5.04. The van der Waals surface area contributed by atoms with Gasteiger partial charge in [0.15, 0.2) is 17.7 Å². The minimum Gasteiger partial charge on any atom is -0.388 e. The van der Waals surface area contributed by atoms with Crippen molar-refractivity contribution in [1.82, 2.24) is 24.8 Å². The number of likely N-dealkylation sites (N-methyl/N-ethyl adjacent to an activating group) is 1. The maximum atomic E-state index is 11.9. The fourth-order valence-electron chi connectivity index (χ4n) is 2.66. The molecule has 24 heavy (non-hydrogen) atoms. The molecular formula is C12H15N9O3. The molecule has 3 rings (SSSR count). The Bertz CT molecular complexity index is 815. The molecule has 126 valence electrons. The number of azide groups is 1. The number of rotatable bonds is 4. The summed E-state index contributed by atoms with van der Waals surface area (Å²) in [5, 5.41) is 19.3. The number of aliphatic hydroxyl groups is 1. The van der Waals surface area contributed by atoms with Gasteiger partial charge >= 0.3 is 0 Å². The molecule has 0 saturated carbocycles. The van der Waals surface area contributed by atoms with Crippen LogP contribution >= 0.6 is 0 Å². The second kappa shape index (κ2) is 6.28. The minimum atomic E-state index is -1.24. The quantitative estimate of drug-likeness (QED) is 0.387.